The highest BCUT2D eigenvalue weighted by Gasteiger charge is 2.10. The van der Waals surface area contributed by atoms with Gasteiger partial charge in [-0.1, -0.05) is 34.8 Å². The van der Waals surface area contributed by atoms with Gasteiger partial charge in [-0.15, -0.1) is 0 Å². The first kappa shape index (κ1) is 12.6. The first-order valence-electron chi connectivity index (χ1n) is 5.05. The molecule has 1 N–H and O–H groups in total. The first-order chi connectivity index (χ1) is 8.13. The van der Waals surface area contributed by atoms with E-state index in [4.69, 9.17) is 34.8 Å². The second-order valence-corrected chi connectivity index (χ2v) is 4.59. The van der Waals surface area contributed by atoms with E-state index in [-0.39, 0.29) is 0 Å². The van der Waals surface area contributed by atoms with Gasteiger partial charge in [-0.3, -0.25) is 4.57 Å². The minimum atomic E-state index is 0.436. The summed E-state index contributed by atoms with van der Waals surface area (Å²) >= 11 is 18.0. The summed E-state index contributed by atoms with van der Waals surface area (Å²) in [5, 5.41) is 4.55. The van der Waals surface area contributed by atoms with Crippen LogP contribution in [0.5, 0.6) is 0 Å². The van der Waals surface area contributed by atoms with E-state index in [0.29, 0.717) is 21.0 Å². The summed E-state index contributed by atoms with van der Waals surface area (Å²) in [5.74, 6) is 0.716. The fourth-order valence-corrected chi connectivity index (χ4v) is 2.12. The van der Waals surface area contributed by atoms with E-state index < -0.39 is 0 Å². The van der Waals surface area contributed by atoms with E-state index >= 15 is 0 Å². The maximum absolute atomic E-state index is 6.15. The third-order valence-electron chi connectivity index (χ3n) is 2.22. The average Bonchev–Trinajstić information content (AvgIpc) is 2.72. The largest absolute Gasteiger partial charge is 0.356 e. The monoisotopic (exact) mass is 289 g/mol. The van der Waals surface area contributed by atoms with E-state index in [1.165, 1.54) is 0 Å². The molecule has 1 aromatic carbocycles. The molecule has 0 saturated carbocycles. The Morgan fingerprint density at radius 3 is 2.59 bits per heavy atom. The average molecular weight is 291 g/mol. The molecule has 0 aliphatic heterocycles. The second kappa shape index (κ2) is 5.17. The molecule has 2 rings (SSSR count). The van der Waals surface area contributed by atoms with Crippen LogP contribution in [-0.2, 0) is 0 Å². The van der Waals surface area contributed by atoms with Gasteiger partial charge < -0.3 is 5.32 Å². The molecule has 0 unspecified atom stereocenters. The van der Waals surface area contributed by atoms with Crippen molar-refractivity contribution in [1.82, 2.24) is 9.55 Å². The zero-order chi connectivity index (χ0) is 12.4. The maximum atomic E-state index is 6.15. The molecule has 6 heteroatoms. The van der Waals surface area contributed by atoms with Crippen molar-refractivity contribution in [2.45, 2.75) is 6.92 Å². The molecular weight excluding hydrogens is 281 g/mol. The molecule has 0 radical (unpaired) electrons. The predicted octanol–water partition coefficient (Wildman–Crippen LogP) is 4.26. The van der Waals surface area contributed by atoms with Gasteiger partial charge in [0.2, 0.25) is 5.95 Å². The summed E-state index contributed by atoms with van der Waals surface area (Å²) in [5.41, 5.74) is 0.745. The quantitative estimate of drug-likeness (QED) is 0.856. The van der Waals surface area contributed by atoms with Crippen LogP contribution >= 0.6 is 34.8 Å². The van der Waals surface area contributed by atoms with Gasteiger partial charge in [0.1, 0.15) is 0 Å². The molecule has 0 amide bonds. The highest BCUT2D eigenvalue weighted by molar-refractivity contribution is 6.43. The van der Waals surface area contributed by atoms with Crippen molar-refractivity contribution in [3.05, 3.63) is 39.6 Å². The van der Waals surface area contributed by atoms with Crippen molar-refractivity contribution in [3.63, 3.8) is 0 Å². The molecule has 0 bridgehead atoms. The summed E-state index contributed by atoms with van der Waals surface area (Å²) < 4.78 is 1.83. The summed E-state index contributed by atoms with van der Waals surface area (Å²) in [4.78, 5) is 4.19. The number of halogens is 3. The Hall–Kier alpha value is -0.900. The van der Waals surface area contributed by atoms with Crippen LogP contribution in [0.15, 0.2) is 24.5 Å². The van der Waals surface area contributed by atoms with Crippen LogP contribution in [0.3, 0.4) is 0 Å². The standard InChI is InChI=1S/C11H10Cl3N3/c1-2-15-11-16-3-4-17(11)10-6-8(13)7(12)5-9(10)14/h3-6H,2H2,1H3,(H,15,16). The number of nitrogens with one attached hydrogen (secondary N) is 1. The number of anilines is 1. The van der Waals surface area contributed by atoms with Gasteiger partial charge in [0.05, 0.1) is 20.8 Å². The van der Waals surface area contributed by atoms with Crippen LogP contribution in [0.1, 0.15) is 6.92 Å². The number of imidazole rings is 1. The third kappa shape index (κ3) is 2.51. The van der Waals surface area contributed by atoms with Gasteiger partial charge in [-0.25, -0.2) is 4.98 Å². The van der Waals surface area contributed by atoms with Gasteiger partial charge in [0.15, 0.2) is 0 Å². The Labute approximate surface area is 114 Å². The van der Waals surface area contributed by atoms with Crippen molar-refractivity contribution in [1.29, 1.82) is 0 Å². The highest BCUT2D eigenvalue weighted by Crippen LogP contribution is 2.32. The Bertz CT molecular complexity index is 537. The van der Waals surface area contributed by atoms with Gasteiger partial charge in [0, 0.05) is 18.9 Å². The number of hydrogen-bond donors (Lipinski definition) is 1. The minimum absolute atomic E-state index is 0.436. The van der Waals surface area contributed by atoms with Crippen molar-refractivity contribution < 1.29 is 0 Å². The topological polar surface area (TPSA) is 29.9 Å². The van der Waals surface area contributed by atoms with Gasteiger partial charge in [-0.05, 0) is 19.1 Å². The summed E-state index contributed by atoms with van der Waals surface area (Å²) in [7, 11) is 0. The van der Waals surface area contributed by atoms with E-state index in [0.717, 1.165) is 12.2 Å². The van der Waals surface area contributed by atoms with Crippen LogP contribution in [0, 0.1) is 0 Å². The van der Waals surface area contributed by atoms with Crippen molar-refractivity contribution >= 4 is 40.8 Å². The smallest absolute Gasteiger partial charge is 0.207 e. The number of nitrogens with zero attached hydrogens (tertiary/aromatic N) is 2. The van der Waals surface area contributed by atoms with E-state index in [1.54, 1.807) is 18.3 Å². The molecule has 0 aliphatic rings. The van der Waals surface area contributed by atoms with Crippen LogP contribution in [-0.4, -0.2) is 16.1 Å². The summed E-state index contributed by atoms with van der Waals surface area (Å²) in [6.07, 6.45) is 3.50. The number of hydrogen-bond acceptors (Lipinski definition) is 2. The van der Waals surface area contributed by atoms with E-state index in [2.05, 4.69) is 10.3 Å². The van der Waals surface area contributed by atoms with Crippen LogP contribution in [0.2, 0.25) is 15.1 Å². The predicted molar refractivity (Wildman–Crippen MR) is 72.8 cm³/mol. The molecule has 0 saturated heterocycles. The van der Waals surface area contributed by atoms with Crippen molar-refractivity contribution in [2.75, 3.05) is 11.9 Å². The summed E-state index contributed by atoms with van der Waals surface area (Å²) in [6, 6.07) is 3.34. The molecule has 0 spiro atoms. The number of benzene rings is 1. The lowest BCUT2D eigenvalue weighted by molar-refractivity contribution is 1.02. The lowest BCUT2D eigenvalue weighted by atomic mass is 10.3. The number of aromatic nitrogens is 2. The third-order valence-corrected chi connectivity index (χ3v) is 3.25. The molecule has 1 heterocycles. The number of rotatable bonds is 3. The second-order valence-electron chi connectivity index (χ2n) is 3.37. The van der Waals surface area contributed by atoms with Crippen LogP contribution in [0.25, 0.3) is 5.69 Å². The fourth-order valence-electron chi connectivity index (χ4n) is 1.48. The van der Waals surface area contributed by atoms with E-state index in [1.807, 2.05) is 17.7 Å². The molecule has 1 aromatic heterocycles. The van der Waals surface area contributed by atoms with Crippen LogP contribution < -0.4 is 5.32 Å². The van der Waals surface area contributed by atoms with Crippen molar-refractivity contribution in [3.8, 4) is 5.69 Å². The molecular formula is C11H10Cl3N3. The summed E-state index contributed by atoms with van der Waals surface area (Å²) in [6.45, 7) is 2.77. The molecule has 0 fully saturated rings. The van der Waals surface area contributed by atoms with Crippen molar-refractivity contribution in [2.24, 2.45) is 0 Å². The normalized spacial score (nSPS) is 10.6. The van der Waals surface area contributed by atoms with Crippen LogP contribution in [0.4, 0.5) is 5.95 Å². The minimum Gasteiger partial charge on any atom is -0.356 e. The fraction of sp³-hybridized carbons (Fsp3) is 0.182. The lowest BCUT2D eigenvalue weighted by Gasteiger charge is -2.11. The van der Waals surface area contributed by atoms with Gasteiger partial charge in [0.25, 0.3) is 0 Å². The zero-order valence-electron chi connectivity index (χ0n) is 9.04. The Morgan fingerprint density at radius 2 is 1.88 bits per heavy atom. The lowest BCUT2D eigenvalue weighted by Crippen LogP contribution is -2.05. The molecule has 3 nitrogen and oxygen atoms in total. The Balaban J connectivity index is 2.52. The molecule has 90 valence electrons. The Kier molecular flexibility index (Phi) is 3.82. The Morgan fingerprint density at radius 1 is 1.18 bits per heavy atom. The van der Waals surface area contributed by atoms with Gasteiger partial charge >= 0.3 is 0 Å². The SMILES string of the molecule is CCNc1nccn1-c1cc(Cl)c(Cl)cc1Cl. The first-order valence-corrected chi connectivity index (χ1v) is 6.19. The molecule has 2 aromatic rings. The maximum Gasteiger partial charge on any atom is 0.207 e. The zero-order valence-corrected chi connectivity index (χ0v) is 11.3. The molecule has 0 aliphatic carbocycles. The van der Waals surface area contributed by atoms with Gasteiger partial charge in [-0.2, -0.15) is 0 Å². The molecule has 17 heavy (non-hydrogen) atoms. The highest BCUT2D eigenvalue weighted by atomic mass is 35.5. The van der Waals surface area contributed by atoms with E-state index in [9.17, 15) is 0 Å². The molecule has 0 atom stereocenters.